The molecule has 0 saturated carbocycles. The third-order valence-corrected chi connectivity index (χ3v) is 5.06. The van der Waals surface area contributed by atoms with Gasteiger partial charge in [0, 0.05) is 36.1 Å². The Bertz CT molecular complexity index is 1360. The van der Waals surface area contributed by atoms with E-state index in [4.69, 9.17) is 4.74 Å². The SMILES string of the molecule is O=C(NCc1ccc2nccn2c1)c1ccc(OCc2ccc3ccccc3n2)cc1. The van der Waals surface area contributed by atoms with E-state index in [2.05, 4.69) is 15.3 Å². The van der Waals surface area contributed by atoms with Crippen LogP contribution in [-0.4, -0.2) is 20.3 Å². The van der Waals surface area contributed by atoms with Crippen LogP contribution in [0.15, 0.2) is 91.4 Å². The van der Waals surface area contributed by atoms with Crippen LogP contribution in [0.5, 0.6) is 5.75 Å². The molecule has 0 fully saturated rings. The van der Waals surface area contributed by atoms with E-state index >= 15 is 0 Å². The van der Waals surface area contributed by atoms with Gasteiger partial charge in [0.2, 0.25) is 0 Å². The number of ether oxygens (including phenoxy) is 1. The van der Waals surface area contributed by atoms with Crippen LogP contribution in [0.25, 0.3) is 16.6 Å². The molecule has 0 bridgehead atoms. The van der Waals surface area contributed by atoms with Crippen molar-refractivity contribution in [1.29, 1.82) is 0 Å². The number of pyridine rings is 2. The molecule has 6 nitrogen and oxygen atoms in total. The van der Waals surface area contributed by atoms with Crippen LogP contribution in [-0.2, 0) is 13.2 Å². The van der Waals surface area contributed by atoms with Crippen LogP contribution in [0.1, 0.15) is 21.6 Å². The number of rotatable bonds is 6. The van der Waals surface area contributed by atoms with Crippen LogP contribution in [0.3, 0.4) is 0 Å². The van der Waals surface area contributed by atoms with E-state index in [0.717, 1.165) is 27.8 Å². The number of nitrogens with zero attached hydrogens (tertiary/aromatic N) is 3. The molecule has 3 aromatic heterocycles. The Hall–Kier alpha value is -4.19. The highest BCUT2D eigenvalue weighted by molar-refractivity contribution is 5.94. The summed E-state index contributed by atoms with van der Waals surface area (Å²) < 4.78 is 7.76. The van der Waals surface area contributed by atoms with Crippen LogP contribution in [0, 0.1) is 0 Å². The van der Waals surface area contributed by atoms with Crippen LogP contribution < -0.4 is 10.1 Å². The quantitative estimate of drug-likeness (QED) is 0.452. The van der Waals surface area contributed by atoms with Crippen molar-refractivity contribution in [2.45, 2.75) is 13.2 Å². The second-order valence-electron chi connectivity index (χ2n) is 7.22. The standard InChI is InChI=1S/C25H20N4O2/c30-25(27-15-18-5-12-24-26-13-14-29(24)16-18)20-7-10-22(11-8-20)31-17-21-9-6-19-3-1-2-4-23(19)28-21/h1-14,16H,15,17H2,(H,27,30). The van der Waals surface area contributed by atoms with Gasteiger partial charge in [0.25, 0.3) is 5.91 Å². The Labute approximate surface area is 179 Å². The number of nitrogens with one attached hydrogen (secondary N) is 1. The van der Waals surface area contributed by atoms with Crippen molar-refractivity contribution in [1.82, 2.24) is 19.7 Å². The molecule has 0 unspecified atom stereocenters. The number of imidazole rings is 1. The molecule has 0 atom stereocenters. The van der Waals surface area contributed by atoms with Gasteiger partial charge in [-0.1, -0.05) is 30.3 Å². The maximum absolute atomic E-state index is 12.5. The molecule has 0 saturated heterocycles. The van der Waals surface area contributed by atoms with Crippen molar-refractivity contribution in [3.8, 4) is 5.75 Å². The fourth-order valence-corrected chi connectivity index (χ4v) is 3.40. The van der Waals surface area contributed by atoms with Crippen LogP contribution in [0.2, 0.25) is 0 Å². The van der Waals surface area contributed by atoms with E-state index in [1.807, 2.05) is 65.3 Å². The Morgan fingerprint density at radius 1 is 0.968 bits per heavy atom. The predicted molar refractivity (Wildman–Crippen MR) is 119 cm³/mol. The predicted octanol–water partition coefficient (Wildman–Crippen LogP) is 4.39. The molecule has 5 rings (SSSR count). The molecule has 0 aliphatic rings. The molecule has 1 N–H and O–H groups in total. The summed E-state index contributed by atoms with van der Waals surface area (Å²) in [7, 11) is 0. The van der Waals surface area contributed by atoms with E-state index < -0.39 is 0 Å². The summed E-state index contributed by atoms with van der Waals surface area (Å²) in [5.41, 5.74) is 4.27. The van der Waals surface area contributed by atoms with Crippen molar-refractivity contribution in [2.75, 3.05) is 0 Å². The fourth-order valence-electron chi connectivity index (χ4n) is 3.40. The molecule has 0 aliphatic carbocycles. The van der Waals surface area contributed by atoms with E-state index in [9.17, 15) is 4.79 Å². The molecule has 5 aromatic rings. The Morgan fingerprint density at radius 3 is 2.74 bits per heavy atom. The number of hydrogen-bond donors (Lipinski definition) is 1. The first-order chi connectivity index (χ1) is 15.2. The zero-order chi connectivity index (χ0) is 21.0. The normalized spacial score (nSPS) is 11.0. The number of aromatic nitrogens is 3. The number of benzene rings is 2. The first-order valence-corrected chi connectivity index (χ1v) is 10.0. The Morgan fingerprint density at radius 2 is 1.84 bits per heavy atom. The second kappa shape index (κ2) is 8.28. The van der Waals surface area contributed by atoms with Gasteiger partial charge in [-0.25, -0.2) is 9.97 Å². The van der Waals surface area contributed by atoms with Gasteiger partial charge in [-0.2, -0.15) is 0 Å². The molecule has 6 heteroatoms. The smallest absolute Gasteiger partial charge is 0.251 e. The minimum absolute atomic E-state index is 0.131. The second-order valence-corrected chi connectivity index (χ2v) is 7.22. The molecule has 3 heterocycles. The number of fused-ring (bicyclic) bond motifs is 2. The molecular formula is C25H20N4O2. The Balaban J connectivity index is 1.18. The third kappa shape index (κ3) is 4.23. The van der Waals surface area contributed by atoms with Gasteiger partial charge in [-0.3, -0.25) is 4.79 Å². The lowest BCUT2D eigenvalue weighted by atomic mass is 10.2. The summed E-state index contributed by atoms with van der Waals surface area (Å²) in [5.74, 6) is 0.561. The summed E-state index contributed by atoms with van der Waals surface area (Å²) in [5, 5.41) is 4.05. The summed E-state index contributed by atoms with van der Waals surface area (Å²) in [6, 6.07) is 23.0. The van der Waals surface area contributed by atoms with Crippen LogP contribution >= 0.6 is 0 Å². The highest BCUT2D eigenvalue weighted by Gasteiger charge is 2.07. The molecule has 1 amide bonds. The van der Waals surface area contributed by atoms with E-state index in [1.165, 1.54) is 0 Å². The van der Waals surface area contributed by atoms with Gasteiger partial charge in [-0.15, -0.1) is 0 Å². The molecule has 31 heavy (non-hydrogen) atoms. The number of amides is 1. The van der Waals surface area contributed by atoms with Crippen molar-refractivity contribution in [3.63, 3.8) is 0 Å². The number of carbonyl (C=O) groups excluding carboxylic acids is 1. The zero-order valence-corrected chi connectivity index (χ0v) is 16.7. The lowest BCUT2D eigenvalue weighted by Gasteiger charge is -2.09. The molecule has 2 aromatic carbocycles. The van der Waals surface area contributed by atoms with Gasteiger partial charge in [0.1, 0.15) is 18.0 Å². The van der Waals surface area contributed by atoms with Crippen molar-refractivity contribution < 1.29 is 9.53 Å². The topological polar surface area (TPSA) is 68.5 Å². The third-order valence-electron chi connectivity index (χ3n) is 5.06. The van der Waals surface area contributed by atoms with E-state index in [-0.39, 0.29) is 5.91 Å². The van der Waals surface area contributed by atoms with E-state index in [0.29, 0.717) is 24.5 Å². The average molecular weight is 408 g/mol. The maximum Gasteiger partial charge on any atom is 0.251 e. The largest absolute Gasteiger partial charge is 0.487 e. The van der Waals surface area contributed by atoms with Gasteiger partial charge in [-0.05, 0) is 48.0 Å². The maximum atomic E-state index is 12.5. The average Bonchev–Trinajstić information content (AvgIpc) is 3.29. The number of para-hydroxylation sites is 1. The zero-order valence-electron chi connectivity index (χ0n) is 16.7. The lowest BCUT2D eigenvalue weighted by molar-refractivity contribution is 0.0951. The summed E-state index contributed by atoms with van der Waals surface area (Å²) in [4.78, 5) is 21.3. The highest BCUT2D eigenvalue weighted by Crippen LogP contribution is 2.16. The number of carbonyl (C=O) groups is 1. The van der Waals surface area contributed by atoms with Gasteiger partial charge < -0.3 is 14.5 Å². The number of hydrogen-bond acceptors (Lipinski definition) is 4. The van der Waals surface area contributed by atoms with Crippen molar-refractivity contribution >= 4 is 22.5 Å². The monoisotopic (exact) mass is 408 g/mol. The van der Waals surface area contributed by atoms with E-state index in [1.54, 1.807) is 30.5 Å². The van der Waals surface area contributed by atoms with Gasteiger partial charge in [0.15, 0.2) is 0 Å². The first-order valence-electron chi connectivity index (χ1n) is 10.0. The summed E-state index contributed by atoms with van der Waals surface area (Å²) in [6.45, 7) is 0.811. The lowest BCUT2D eigenvalue weighted by Crippen LogP contribution is -2.22. The molecular weight excluding hydrogens is 388 g/mol. The first kappa shape index (κ1) is 18.8. The van der Waals surface area contributed by atoms with Crippen LogP contribution in [0.4, 0.5) is 0 Å². The minimum Gasteiger partial charge on any atom is -0.487 e. The molecule has 0 aliphatic heterocycles. The molecule has 0 radical (unpaired) electrons. The van der Waals surface area contributed by atoms with Crippen molar-refractivity contribution in [3.05, 3.63) is 108 Å². The Kier molecular flexibility index (Phi) is 5.02. The van der Waals surface area contributed by atoms with Gasteiger partial charge >= 0.3 is 0 Å². The summed E-state index contributed by atoms with van der Waals surface area (Å²) in [6.07, 6.45) is 5.59. The summed E-state index contributed by atoms with van der Waals surface area (Å²) >= 11 is 0. The van der Waals surface area contributed by atoms with Gasteiger partial charge in [0.05, 0.1) is 11.2 Å². The molecule has 152 valence electrons. The highest BCUT2D eigenvalue weighted by atomic mass is 16.5. The van der Waals surface area contributed by atoms with Crippen molar-refractivity contribution in [2.24, 2.45) is 0 Å². The fraction of sp³-hybridized carbons (Fsp3) is 0.0800. The minimum atomic E-state index is -0.131. The molecule has 0 spiro atoms.